The van der Waals surface area contributed by atoms with Crippen LogP contribution < -0.4 is 9.88 Å². The van der Waals surface area contributed by atoms with Crippen LogP contribution in [-0.2, 0) is 21.2 Å². The number of rotatable bonds is 7. The zero-order valence-corrected chi connectivity index (χ0v) is 15.2. The van der Waals surface area contributed by atoms with E-state index in [2.05, 4.69) is 0 Å². The molecule has 2 aromatic rings. The van der Waals surface area contributed by atoms with E-state index in [1.165, 1.54) is 19.2 Å². The minimum atomic E-state index is -4.08. The van der Waals surface area contributed by atoms with Gasteiger partial charge in [-0.15, -0.1) is 0 Å². The molecule has 0 heterocycles. The number of esters is 1. The second kappa shape index (κ2) is 8.11. The Bertz CT molecular complexity index is 919. The number of carbonyl (C=O) groups excluding carboxylic acids is 2. The average molecular weight is 377 g/mol. The second-order valence-electron chi connectivity index (χ2n) is 5.46. The summed E-state index contributed by atoms with van der Waals surface area (Å²) < 4.78 is 33.1. The van der Waals surface area contributed by atoms with Gasteiger partial charge in [-0.2, -0.15) is 0 Å². The van der Waals surface area contributed by atoms with Crippen molar-refractivity contribution < 1.29 is 27.5 Å². The van der Waals surface area contributed by atoms with Gasteiger partial charge in [-0.25, -0.2) is 18.4 Å². The summed E-state index contributed by atoms with van der Waals surface area (Å²) in [7, 11) is -2.80. The average Bonchev–Trinajstić information content (AvgIpc) is 2.64. The zero-order valence-electron chi connectivity index (χ0n) is 14.4. The highest BCUT2D eigenvalue weighted by molar-refractivity contribution is 7.89. The van der Waals surface area contributed by atoms with E-state index < -0.39 is 22.6 Å². The first-order chi connectivity index (χ1) is 12.3. The molecule has 0 fully saturated rings. The van der Waals surface area contributed by atoms with Crippen molar-refractivity contribution in [2.75, 3.05) is 13.7 Å². The van der Waals surface area contributed by atoms with Gasteiger partial charge in [0.05, 0.1) is 12.7 Å². The number of methoxy groups -OCH3 is 1. The van der Waals surface area contributed by atoms with Crippen LogP contribution in [0.1, 0.15) is 33.2 Å². The first-order valence-electron chi connectivity index (χ1n) is 7.76. The smallest absolute Gasteiger partial charge is 0.338 e. The number of hydrogen-bond donors (Lipinski definition) is 1. The molecule has 0 bridgehead atoms. The van der Waals surface area contributed by atoms with Gasteiger partial charge in [-0.05, 0) is 30.2 Å². The molecular formula is C18H19NO6S. The number of nitrogens with two attached hydrogens (primary N) is 1. The summed E-state index contributed by atoms with van der Waals surface area (Å²) >= 11 is 0. The van der Waals surface area contributed by atoms with Crippen LogP contribution in [0.2, 0.25) is 0 Å². The zero-order chi connectivity index (χ0) is 19.3. The van der Waals surface area contributed by atoms with Gasteiger partial charge in [-0.3, -0.25) is 4.79 Å². The summed E-state index contributed by atoms with van der Waals surface area (Å²) in [6, 6.07) is 10.7. The van der Waals surface area contributed by atoms with Gasteiger partial charge in [0, 0.05) is 5.56 Å². The number of carbonyl (C=O) groups is 2. The normalized spacial score (nSPS) is 11.0. The first-order valence-corrected chi connectivity index (χ1v) is 9.31. The van der Waals surface area contributed by atoms with Crippen LogP contribution in [-0.4, -0.2) is 33.9 Å². The van der Waals surface area contributed by atoms with Gasteiger partial charge in [0.25, 0.3) is 0 Å². The molecule has 2 N–H and O–H groups in total. The molecule has 8 heteroatoms. The summed E-state index contributed by atoms with van der Waals surface area (Å²) in [4.78, 5) is 23.9. The quantitative estimate of drug-likeness (QED) is 0.583. The molecule has 0 saturated carbocycles. The Morgan fingerprint density at radius 1 is 1.04 bits per heavy atom. The van der Waals surface area contributed by atoms with Gasteiger partial charge in [0.1, 0.15) is 10.6 Å². The van der Waals surface area contributed by atoms with E-state index in [1.54, 1.807) is 12.1 Å². The Hall–Kier alpha value is -2.71. The molecule has 0 radical (unpaired) electrons. The molecular weight excluding hydrogens is 358 g/mol. The van der Waals surface area contributed by atoms with Crippen molar-refractivity contribution in [3.8, 4) is 5.75 Å². The second-order valence-corrected chi connectivity index (χ2v) is 6.99. The minimum absolute atomic E-state index is 0.0103. The van der Waals surface area contributed by atoms with Crippen molar-refractivity contribution in [2.24, 2.45) is 5.14 Å². The van der Waals surface area contributed by atoms with E-state index in [0.717, 1.165) is 18.1 Å². The van der Waals surface area contributed by atoms with Crippen LogP contribution in [0.3, 0.4) is 0 Å². The molecule has 0 aliphatic carbocycles. The number of aryl methyl sites for hydroxylation is 1. The predicted octanol–water partition coefficient (Wildman–Crippen LogP) is 1.94. The van der Waals surface area contributed by atoms with Gasteiger partial charge in [-0.1, -0.05) is 31.2 Å². The highest BCUT2D eigenvalue weighted by Gasteiger charge is 2.19. The van der Waals surface area contributed by atoms with Crippen molar-refractivity contribution in [1.82, 2.24) is 0 Å². The molecule has 0 unspecified atom stereocenters. The van der Waals surface area contributed by atoms with E-state index in [0.29, 0.717) is 5.56 Å². The van der Waals surface area contributed by atoms with E-state index in [4.69, 9.17) is 14.6 Å². The highest BCUT2D eigenvalue weighted by Crippen LogP contribution is 2.24. The molecule has 0 spiro atoms. The van der Waals surface area contributed by atoms with Crippen LogP contribution in [0.5, 0.6) is 5.75 Å². The Morgan fingerprint density at radius 2 is 1.65 bits per heavy atom. The first kappa shape index (κ1) is 19.6. The third-order valence-electron chi connectivity index (χ3n) is 3.72. The number of benzene rings is 2. The molecule has 2 rings (SSSR count). The van der Waals surface area contributed by atoms with Crippen LogP contribution in [0.15, 0.2) is 47.4 Å². The summed E-state index contributed by atoms with van der Waals surface area (Å²) in [5.74, 6) is -1.19. The van der Waals surface area contributed by atoms with E-state index in [-0.39, 0.29) is 22.0 Å². The van der Waals surface area contributed by atoms with Crippen LogP contribution >= 0.6 is 0 Å². The third kappa shape index (κ3) is 4.68. The van der Waals surface area contributed by atoms with Crippen molar-refractivity contribution in [1.29, 1.82) is 0 Å². The maximum absolute atomic E-state index is 12.1. The molecule has 0 amide bonds. The lowest BCUT2D eigenvalue weighted by Gasteiger charge is -2.09. The van der Waals surface area contributed by atoms with Crippen molar-refractivity contribution in [3.05, 3.63) is 59.2 Å². The standard InChI is InChI=1S/C18H19NO6S/c1-3-12-4-6-13(7-5-12)15(20)11-25-18(21)14-8-9-16(24-2)17(10-14)26(19,22)23/h4-10H,3,11H2,1-2H3,(H2,19,22,23). The molecule has 7 nitrogen and oxygen atoms in total. The summed E-state index contributed by atoms with van der Waals surface area (Å²) in [6.07, 6.45) is 0.854. The molecule has 0 aromatic heterocycles. The van der Waals surface area contributed by atoms with Crippen molar-refractivity contribution in [2.45, 2.75) is 18.2 Å². The largest absolute Gasteiger partial charge is 0.495 e. The number of ether oxygens (including phenoxy) is 2. The number of sulfonamides is 1. The topological polar surface area (TPSA) is 113 Å². The number of primary sulfonamides is 1. The summed E-state index contributed by atoms with van der Waals surface area (Å²) in [5.41, 5.74) is 1.46. The fourth-order valence-electron chi connectivity index (χ4n) is 2.25. The van der Waals surface area contributed by atoms with E-state index in [9.17, 15) is 18.0 Å². The van der Waals surface area contributed by atoms with E-state index >= 15 is 0 Å². The Balaban J connectivity index is 2.11. The number of ketones is 1. The van der Waals surface area contributed by atoms with E-state index in [1.807, 2.05) is 19.1 Å². The molecule has 0 saturated heterocycles. The van der Waals surface area contributed by atoms with Crippen molar-refractivity contribution in [3.63, 3.8) is 0 Å². The summed E-state index contributed by atoms with van der Waals surface area (Å²) in [6.45, 7) is 1.55. The monoisotopic (exact) mass is 377 g/mol. The predicted molar refractivity (Wildman–Crippen MR) is 94.8 cm³/mol. The third-order valence-corrected chi connectivity index (χ3v) is 4.66. The molecule has 0 atom stereocenters. The number of hydrogen-bond acceptors (Lipinski definition) is 6. The molecule has 0 aliphatic heterocycles. The van der Waals surface area contributed by atoms with Crippen molar-refractivity contribution >= 4 is 21.8 Å². The Labute approximate surface area is 151 Å². The van der Waals surface area contributed by atoms with Gasteiger partial charge in [0.2, 0.25) is 10.0 Å². The lowest BCUT2D eigenvalue weighted by molar-refractivity contribution is 0.0474. The Morgan fingerprint density at radius 3 is 2.19 bits per heavy atom. The van der Waals surface area contributed by atoms with Gasteiger partial charge >= 0.3 is 5.97 Å². The van der Waals surface area contributed by atoms with Gasteiger partial charge in [0.15, 0.2) is 12.4 Å². The maximum Gasteiger partial charge on any atom is 0.338 e. The molecule has 138 valence electrons. The van der Waals surface area contributed by atoms with Crippen LogP contribution in [0.4, 0.5) is 0 Å². The van der Waals surface area contributed by atoms with Crippen LogP contribution in [0.25, 0.3) is 0 Å². The van der Waals surface area contributed by atoms with Gasteiger partial charge < -0.3 is 9.47 Å². The lowest BCUT2D eigenvalue weighted by atomic mass is 10.1. The fraction of sp³-hybridized carbons (Fsp3) is 0.222. The number of Topliss-reactive ketones (excluding diaryl/α,β-unsaturated/α-hetero) is 1. The minimum Gasteiger partial charge on any atom is -0.495 e. The fourth-order valence-corrected chi connectivity index (χ4v) is 2.97. The Kier molecular flexibility index (Phi) is 6.12. The molecule has 0 aliphatic rings. The van der Waals surface area contributed by atoms with Crippen LogP contribution in [0, 0.1) is 0 Å². The maximum atomic E-state index is 12.1. The SMILES string of the molecule is CCc1ccc(C(=O)COC(=O)c2ccc(OC)c(S(N)(=O)=O)c2)cc1. The molecule has 2 aromatic carbocycles. The molecule has 26 heavy (non-hydrogen) atoms. The highest BCUT2D eigenvalue weighted by atomic mass is 32.2. The summed E-state index contributed by atoms with van der Waals surface area (Å²) in [5, 5.41) is 5.11. The lowest BCUT2D eigenvalue weighted by Crippen LogP contribution is -2.17.